The first-order chi connectivity index (χ1) is 9.92. The zero-order chi connectivity index (χ0) is 16.3. The van der Waals surface area contributed by atoms with E-state index in [4.69, 9.17) is 14.6 Å². The summed E-state index contributed by atoms with van der Waals surface area (Å²) in [5.74, 6) is -1.51. The van der Waals surface area contributed by atoms with Crippen LogP contribution in [0.2, 0.25) is 0 Å². The van der Waals surface area contributed by atoms with Gasteiger partial charge in [0.2, 0.25) is 5.91 Å². The Morgan fingerprint density at radius 1 is 1.19 bits per heavy atom. The van der Waals surface area contributed by atoms with Gasteiger partial charge in [-0.15, -0.1) is 0 Å². The summed E-state index contributed by atoms with van der Waals surface area (Å²) in [7, 11) is 2.96. The fraction of sp³-hybridized carbons (Fsp3) is 0.750. The van der Waals surface area contributed by atoms with Crippen molar-refractivity contribution in [2.24, 2.45) is 0 Å². The molecule has 9 nitrogen and oxygen atoms in total. The molecule has 0 aromatic heterocycles. The van der Waals surface area contributed by atoms with Crippen LogP contribution < -0.4 is 10.6 Å². The van der Waals surface area contributed by atoms with Gasteiger partial charge in [-0.1, -0.05) is 0 Å². The van der Waals surface area contributed by atoms with Crippen LogP contribution in [0.15, 0.2) is 0 Å². The highest BCUT2D eigenvalue weighted by Gasteiger charge is 2.21. The summed E-state index contributed by atoms with van der Waals surface area (Å²) in [6.07, 6.45) is 0. The molecule has 1 unspecified atom stereocenters. The zero-order valence-corrected chi connectivity index (χ0v) is 12.5. The summed E-state index contributed by atoms with van der Waals surface area (Å²) in [5, 5.41) is 13.8. The van der Waals surface area contributed by atoms with E-state index in [1.807, 2.05) is 0 Å². The molecule has 0 radical (unpaired) electrons. The third kappa shape index (κ3) is 8.82. The summed E-state index contributed by atoms with van der Waals surface area (Å²) in [6.45, 7) is 2.06. The van der Waals surface area contributed by atoms with Gasteiger partial charge in [0.25, 0.3) is 0 Å². The van der Waals surface area contributed by atoms with E-state index in [-0.39, 0.29) is 19.1 Å². The number of hydrogen-bond acceptors (Lipinski definition) is 5. The number of amides is 3. The minimum Gasteiger partial charge on any atom is -0.480 e. The van der Waals surface area contributed by atoms with Gasteiger partial charge in [-0.25, -0.2) is 4.79 Å². The lowest BCUT2D eigenvalue weighted by Crippen LogP contribution is -2.51. The molecule has 0 saturated heterocycles. The largest absolute Gasteiger partial charge is 0.480 e. The van der Waals surface area contributed by atoms with Crippen LogP contribution in [-0.4, -0.2) is 81.0 Å². The summed E-state index contributed by atoms with van der Waals surface area (Å²) in [6, 6.07) is -1.42. The van der Waals surface area contributed by atoms with Gasteiger partial charge in [0.05, 0.1) is 13.2 Å². The second-order valence-corrected chi connectivity index (χ2v) is 4.26. The number of nitrogens with zero attached hydrogens (tertiary/aromatic N) is 1. The van der Waals surface area contributed by atoms with E-state index in [1.165, 1.54) is 21.1 Å². The SMILES string of the molecule is COCCNC(=O)C(C)NC(=O)N(CCOC)CC(=O)O. The Morgan fingerprint density at radius 3 is 2.33 bits per heavy atom. The maximum atomic E-state index is 11.9. The average molecular weight is 305 g/mol. The van der Waals surface area contributed by atoms with E-state index in [0.29, 0.717) is 13.2 Å². The fourth-order valence-corrected chi connectivity index (χ4v) is 1.39. The molecule has 0 aliphatic carbocycles. The molecule has 9 heteroatoms. The summed E-state index contributed by atoms with van der Waals surface area (Å²) < 4.78 is 9.60. The molecule has 0 spiro atoms. The van der Waals surface area contributed by atoms with E-state index in [2.05, 4.69) is 10.6 Å². The Hall–Kier alpha value is -1.87. The number of methoxy groups -OCH3 is 2. The average Bonchev–Trinajstić information content (AvgIpc) is 2.42. The van der Waals surface area contributed by atoms with E-state index in [1.54, 1.807) is 0 Å². The van der Waals surface area contributed by atoms with Crippen molar-refractivity contribution in [3.8, 4) is 0 Å². The van der Waals surface area contributed by atoms with Crippen LogP contribution >= 0.6 is 0 Å². The molecule has 3 N–H and O–H groups in total. The van der Waals surface area contributed by atoms with Crippen molar-refractivity contribution in [1.82, 2.24) is 15.5 Å². The standard InChI is InChI=1S/C12H23N3O6/c1-9(11(18)13-4-6-20-2)14-12(19)15(5-7-21-3)8-10(16)17/h9H,4-8H2,1-3H3,(H,13,18)(H,14,19)(H,16,17). The Balaban J connectivity index is 4.37. The molecule has 0 bridgehead atoms. The molecule has 0 heterocycles. The Morgan fingerprint density at radius 2 is 1.81 bits per heavy atom. The first kappa shape index (κ1) is 19.1. The smallest absolute Gasteiger partial charge is 0.323 e. The number of aliphatic carboxylic acids is 1. The molecular weight excluding hydrogens is 282 g/mol. The van der Waals surface area contributed by atoms with Crippen LogP contribution in [0.3, 0.4) is 0 Å². The third-order valence-electron chi connectivity index (χ3n) is 2.52. The first-order valence-electron chi connectivity index (χ1n) is 6.45. The quantitative estimate of drug-likeness (QED) is 0.440. The predicted molar refractivity (Wildman–Crippen MR) is 74.0 cm³/mol. The summed E-state index contributed by atoms with van der Waals surface area (Å²) >= 11 is 0. The van der Waals surface area contributed by atoms with Crippen molar-refractivity contribution < 1.29 is 29.0 Å². The topological polar surface area (TPSA) is 117 Å². The molecule has 0 saturated carbocycles. The van der Waals surface area contributed by atoms with Gasteiger partial charge >= 0.3 is 12.0 Å². The molecule has 0 aliphatic heterocycles. The monoisotopic (exact) mass is 305 g/mol. The van der Waals surface area contributed by atoms with E-state index in [9.17, 15) is 14.4 Å². The zero-order valence-electron chi connectivity index (χ0n) is 12.5. The Labute approximate surface area is 123 Å². The Kier molecular flexibility index (Phi) is 9.90. The summed E-state index contributed by atoms with van der Waals surface area (Å²) in [5.41, 5.74) is 0. The predicted octanol–water partition coefficient (Wildman–Crippen LogP) is -1.12. The van der Waals surface area contributed by atoms with E-state index >= 15 is 0 Å². The number of rotatable bonds is 10. The molecular formula is C12H23N3O6. The van der Waals surface area contributed by atoms with Crippen LogP contribution in [-0.2, 0) is 19.1 Å². The number of carboxylic acids is 1. The Bertz CT molecular complexity index is 350. The van der Waals surface area contributed by atoms with Gasteiger partial charge in [0.15, 0.2) is 0 Å². The minimum absolute atomic E-state index is 0.118. The van der Waals surface area contributed by atoms with Crippen LogP contribution in [0, 0.1) is 0 Å². The number of carbonyl (C=O) groups excluding carboxylic acids is 2. The van der Waals surface area contributed by atoms with E-state index in [0.717, 1.165) is 4.90 Å². The molecule has 0 aromatic carbocycles. The van der Waals surface area contributed by atoms with Crippen molar-refractivity contribution >= 4 is 17.9 Å². The van der Waals surface area contributed by atoms with Gasteiger partial charge in [-0.2, -0.15) is 0 Å². The summed E-state index contributed by atoms with van der Waals surface area (Å²) in [4.78, 5) is 35.4. The van der Waals surface area contributed by atoms with Crippen LogP contribution in [0.25, 0.3) is 0 Å². The molecule has 0 aromatic rings. The maximum absolute atomic E-state index is 11.9. The molecule has 122 valence electrons. The van der Waals surface area contributed by atoms with Crippen molar-refractivity contribution in [3.05, 3.63) is 0 Å². The highest BCUT2D eigenvalue weighted by Crippen LogP contribution is 1.93. The lowest BCUT2D eigenvalue weighted by atomic mass is 10.3. The van der Waals surface area contributed by atoms with Crippen LogP contribution in [0.1, 0.15) is 6.92 Å². The molecule has 3 amide bonds. The van der Waals surface area contributed by atoms with E-state index < -0.39 is 24.6 Å². The highest BCUT2D eigenvalue weighted by atomic mass is 16.5. The number of nitrogens with one attached hydrogen (secondary N) is 2. The molecule has 1 atom stereocenters. The third-order valence-corrected chi connectivity index (χ3v) is 2.52. The number of carboxylic acid groups (broad SMARTS) is 1. The first-order valence-corrected chi connectivity index (χ1v) is 6.45. The normalized spacial score (nSPS) is 11.6. The van der Waals surface area contributed by atoms with Gasteiger partial charge in [-0.3, -0.25) is 9.59 Å². The number of carbonyl (C=O) groups is 3. The van der Waals surface area contributed by atoms with Crippen LogP contribution in [0.5, 0.6) is 0 Å². The number of urea groups is 1. The van der Waals surface area contributed by atoms with Crippen LogP contribution in [0.4, 0.5) is 4.79 Å². The van der Waals surface area contributed by atoms with Crippen molar-refractivity contribution in [3.63, 3.8) is 0 Å². The molecule has 0 rings (SSSR count). The van der Waals surface area contributed by atoms with Crippen molar-refractivity contribution in [2.45, 2.75) is 13.0 Å². The number of ether oxygens (including phenoxy) is 2. The lowest BCUT2D eigenvalue weighted by molar-refractivity contribution is -0.137. The van der Waals surface area contributed by atoms with Gasteiger partial charge in [0, 0.05) is 27.3 Å². The van der Waals surface area contributed by atoms with Crippen molar-refractivity contribution in [2.75, 3.05) is 47.1 Å². The van der Waals surface area contributed by atoms with Gasteiger partial charge in [-0.05, 0) is 6.92 Å². The molecule has 0 aliphatic rings. The highest BCUT2D eigenvalue weighted by molar-refractivity contribution is 5.87. The molecule has 0 fully saturated rings. The van der Waals surface area contributed by atoms with Crippen molar-refractivity contribution in [1.29, 1.82) is 0 Å². The second kappa shape index (κ2) is 10.9. The van der Waals surface area contributed by atoms with Gasteiger partial charge in [0.1, 0.15) is 12.6 Å². The number of hydrogen-bond donors (Lipinski definition) is 3. The lowest BCUT2D eigenvalue weighted by Gasteiger charge is -2.23. The van der Waals surface area contributed by atoms with Gasteiger partial charge < -0.3 is 30.1 Å². The molecule has 21 heavy (non-hydrogen) atoms. The minimum atomic E-state index is -1.14. The maximum Gasteiger partial charge on any atom is 0.323 e. The fourth-order valence-electron chi connectivity index (χ4n) is 1.39. The second-order valence-electron chi connectivity index (χ2n) is 4.26.